The molecule has 4 nitrogen and oxygen atoms in total. The molecule has 0 bridgehead atoms. The van der Waals surface area contributed by atoms with Crippen molar-refractivity contribution in [2.75, 3.05) is 27.4 Å². The lowest BCUT2D eigenvalue weighted by Crippen LogP contribution is -2.27. The summed E-state index contributed by atoms with van der Waals surface area (Å²) in [5.74, 6) is -0.250. The minimum absolute atomic E-state index is 0.0662. The van der Waals surface area contributed by atoms with Crippen LogP contribution in [0.25, 0.3) is 0 Å². The van der Waals surface area contributed by atoms with Crippen LogP contribution in [0.2, 0.25) is 5.02 Å². The molecule has 0 fully saturated rings. The van der Waals surface area contributed by atoms with Crippen molar-refractivity contribution in [2.24, 2.45) is 0 Å². The van der Waals surface area contributed by atoms with Crippen LogP contribution in [0.15, 0.2) is 42.5 Å². The topological polar surface area (TPSA) is 38.8 Å². The largest absolute Gasteiger partial charge is 0.490 e. The number of methoxy groups -OCH3 is 1. The molecule has 0 radical (unpaired) electrons. The van der Waals surface area contributed by atoms with Gasteiger partial charge in [0.1, 0.15) is 18.2 Å². The normalized spacial score (nSPS) is 10.5. The second kappa shape index (κ2) is 8.66. The van der Waals surface area contributed by atoms with E-state index < -0.39 is 5.82 Å². The smallest absolute Gasteiger partial charge is 0.257 e. The second-order valence-corrected chi connectivity index (χ2v) is 5.61. The molecule has 0 N–H and O–H groups in total. The Bertz CT molecular complexity index is 688. The van der Waals surface area contributed by atoms with E-state index in [9.17, 15) is 9.18 Å². The van der Waals surface area contributed by atoms with Gasteiger partial charge in [0, 0.05) is 31.3 Å². The van der Waals surface area contributed by atoms with Crippen molar-refractivity contribution in [3.63, 3.8) is 0 Å². The monoisotopic (exact) mass is 351 g/mol. The number of benzene rings is 2. The van der Waals surface area contributed by atoms with E-state index in [2.05, 4.69) is 0 Å². The van der Waals surface area contributed by atoms with E-state index in [0.717, 1.165) is 0 Å². The Kier molecular flexibility index (Phi) is 6.58. The Morgan fingerprint density at radius 1 is 1.17 bits per heavy atom. The number of carbonyl (C=O) groups is 1. The Hall–Kier alpha value is -2.11. The summed E-state index contributed by atoms with van der Waals surface area (Å²) >= 11 is 6.02. The number of amides is 1. The van der Waals surface area contributed by atoms with E-state index in [1.165, 1.54) is 17.0 Å². The van der Waals surface area contributed by atoms with E-state index in [1.54, 1.807) is 44.5 Å². The number of para-hydroxylation sites is 1. The number of hydrogen-bond donors (Lipinski definition) is 0. The lowest BCUT2D eigenvalue weighted by atomic mass is 10.1. The molecule has 0 aliphatic rings. The number of carbonyl (C=O) groups excluding carboxylic acids is 1. The third-order valence-corrected chi connectivity index (χ3v) is 3.82. The quantitative estimate of drug-likeness (QED) is 0.713. The lowest BCUT2D eigenvalue weighted by molar-refractivity contribution is 0.0776. The number of rotatable bonds is 7. The molecule has 0 spiro atoms. The molecule has 0 aliphatic carbocycles. The van der Waals surface area contributed by atoms with Gasteiger partial charge in [-0.2, -0.15) is 0 Å². The van der Waals surface area contributed by atoms with E-state index in [4.69, 9.17) is 21.1 Å². The SMILES string of the molecule is COCCOc1ccccc1C(=O)N(C)Cc1c(F)cccc1Cl. The number of hydrogen-bond acceptors (Lipinski definition) is 3. The van der Waals surface area contributed by atoms with Gasteiger partial charge in [-0.25, -0.2) is 4.39 Å². The van der Waals surface area contributed by atoms with Crippen LogP contribution in [0.1, 0.15) is 15.9 Å². The standard InChI is InChI=1S/C18H19ClFNO3/c1-21(12-14-15(19)7-5-8-16(14)20)18(22)13-6-3-4-9-17(13)24-11-10-23-2/h3-9H,10-12H2,1-2H3. The van der Waals surface area contributed by atoms with Crippen molar-refractivity contribution in [3.8, 4) is 5.75 Å². The predicted octanol–water partition coefficient (Wildman–Crippen LogP) is 3.78. The van der Waals surface area contributed by atoms with Crippen LogP contribution in [0, 0.1) is 5.82 Å². The Balaban J connectivity index is 2.16. The van der Waals surface area contributed by atoms with E-state index in [-0.39, 0.29) is 18.0 Å². The van der Waals surface area contributed by atoms with Crippen LogP contribution in [0.4, 0.5) is 4.39 Å². The zero-order chi connectivity index (χ0) is 17.5. The molecule has 0 aromatic heterocycles. The number of halogens is 2. The molecule has 0 saturated carbocycles. The molecule has 2 rings (SSSR count). The van der Waals surface area contributed by atoms with Gasteiger partial charge >= 0.3 is 0 Å². The fourth-order valence-corrected chi connectivity index (χ4v) is 2.42. The molecule has 1 amide bonds. The molecule has 0 unspecified atom stereocenters. The Labute approximate surface area is 145 Å². The van der Waals surface area contributed by atoms with Gasteiger partial charge in [-0.1, -0.05) is 29.8 Å². The number of ether oxygens (including phenoxy) is 2. The highest BCUT2D eigenvalue weighted by Crippen LogP contribution is 2.23. The van der Waals surface area contributed by atoms with E-state index >= 15 is 0 Å². The first-order chi connectivity index (χ1) is 11.5. The van der Waals surface area contributed by atoms with Crippen molar-refractivity contribution >= 4 is 17.5 Å². The minimum Gasteiger partial charge on any atom is -0.490 e. The predicted molar refractivity (Wildman–Crippen MR) is 91.0 cm³/mol. The third kappa shape index (κ3) is 4.46. The molecule has 2 aromatic rings. The highest BCUT2D eigenvalue weighted by molar-refractivity contribution is 6.31. The fourth-order valence-electron chi connectivity index (χ4n) is 2.20. The highest BCUT2D eigenvalue weighted by Gasteiger charge is 2.19. The van der Waals surface area contributed by atoms with Gasteiger partial charge in [0.05, 0.1) is 12.2 Å². The molecule has 128 valence electrons. The van der Waals surface area contributed by atoms with Crippen LogP contribution >= 0.6 is 11.6 Å². The van der Waals surface area contributed by atoms with Crippen LogP contribution in [-0.4, -0.2) is 38.2 Å². The maximum atomic E-state index is 13.9. The summed E-state index contributed by atoms with van der Waals surface area (Å²) in [6, 6.07) is 11.4. The van der Waals surface area contributed by atoms with Gasteiger partial charge in [0.15, 0.2) is 0 Å². The average molecular weight is 352 g/mol. The van der Waals surface area contributed by atoms with Crippen LogP contribution < -0.4 is 4.74 Å². The van der Waals surface area contributed by atoms with Gasteiger partial charge in [0.25, 0.3) is 5.91 Å². The average Bonchev–Trinajstić information content (AvgIpc) is 2.58. The zero-order valence-corrected chi connectivity index (χ0v) is 14.3. The summed E-state index contributed by atoms with van der Waals surface area (Å²) in [7, 11) is 3.17. The molecule has 0 aliphatic heterocycles. The van der Waals surface area contributed by atoms with Crippen molar-refractivity contribution in [2.45, 2.75) is 6.54 Å². The summed E-state index contributed by atoms with van der Waals surface area (Å²) in [4.78, 5) is 14.1. The molecule has 0 saturated heterocycles. The minimum atomic E-state index is -0.438. The van der Waals surface area contributed by atoms with Crippen molar-refractivity contribution < 1.29 is 18.7 Å². The van der Waals surface area contributed by atoms with Gasteiger partial charge in [0.2, 0.25) is 0 Å². The van der Waals surface area contributed by atoms with Gasteiger partial charge in [-0.3, -0.25) is 4.79 Å². The summed E-state index contributed by atoms with van der Waals surface area (Å²) in [6.07, 6.45) is 0. The third-order valence-electron chi connectivity index (χ3n) is 3.47. The van der Waals surface area contributed by atoms with Crippen molar-refractivity contribution in [1.82, 2.24) is 4.90 Å². The first kappa shape index (κ1) is 18.2. The van der Waals surface area contributed by atoms with Crippen LogP contribution in [-0.2, 0) is 11.3 Å². The van der Waals surface area contributed by atoms with Gasteiger partial charge in [-0.05, 0) is 24.3 Å². The zero-order valence-electron chi connectivity index (χ0n) is 13.6. The van der Waals surface area contributed by atoms with Gasteiger partial charge in [-0.15, -0.1) is 0 Å². The number of nitrogens with zero attached hydrogens (tertiary/aromatic N) is 1. The highest BCUT2D eigenvalue weighted by atomic mass is 35.5. The molecule has 24 heavy (non-hydrogen) atoms. The molecular formula is C18H19ClFNO3. The Morgan fingerprint density at radius 2 is 1.92 bits per heavy atom. The maximum Gasteiger partial charge on any atom is 0.257 e. The molecule has 6 heteroatoms. The summed E-state index contributed by atoms with van der Waals surface area (Å²) in [6.45, 7) is 0.823. The second-order valence-electron chi connectivity index (χ2n) is 5.20. The lowest BCUT2D eigenvalue weighted by Gasteiger charge is -2.20. The first-order valence-corrected chi connectivity index (χ1v) is 7.81. The molecule has 2 aromatic carbocycles. The molecule has 0 atom stereocenters. The van der Waals surface area contributed by atoms with E-state index in [1.807, 2.05) is 0 Å². The fraction of sp³-hybridized carbons (Fsp3) is 0.278. The van der Waals surface area contributed by atoms with Gasteiger partial charge < -0.3 is 14.4 Å². The van der Waals surface area contributed by atoms with Crippen LogP contribution in [0.3, 0.4) is 0 Å². The van der Waals surface area contributed by atoms with Crippen molar-refractivity contribution in [1.29, 1.82) is 0 Å². The van der Waals surface area contributed by atoms with E-state index in [0.29, 0.717) is 29.5 Å². The summed E-state index contributed by atoms with van der Waals surface area (Å²) in [5.41, 5.74) is 0.691. The summed E-state index contributed by atoms with van der Waals surface area (Å²) < 4.78 is 24.4. The first-order valence-electron chi connectivity index (χ1n) is 7.43. The summed E-state index contributed by atoms with van der Waals surface area (Å²) in [5, 5.41) is 0.291. The Morgan fingerprint density at radius 3 is 2.62 bits per heavy atom. The molecule has 0 heterocycles. The van der Waals surface area contributed by atoms with Crippen LogP contribution in [0.5, 0.6) is 5.75 Å². The van der Waals surface area contributed by atoms with Crippen molar-refractivity contribution in [3.05, 3.63) is 64.4 Å². The maximum absolute atomic E-state index is 13.9. The molecular weight excluding hydrogens is 333 g/mol.